The summed E-state index contributed by atoms with van der Waals surface area (Å²) in [5.41, 5.74) is 2.33. The molecular weight excluding hydrogens is 200 g/mol. The summed E-state index contributed by atoms with van der Waals surface area (Å²) in [7, 11) is 1.69. The van der Waals surface area contributed by atoms with E-state index in [-0.39, 0.29) is 0 Å². The molecule has 0 bridgehead atoms. The molecule has 0 atom stereocenters. The summed E-state index contributed by atoms with van der Waals surface area (Å²) in [6, 6.07) is 8.75. The molecule has 1 aromatic carbocycles. The molecule has 0 saturated heterocycles. The summed E-state index contributed by atoms with van der Waals surface area (Å²) in [5, 5.41) is 4.61. The normalized spacial score (nSPS) is 11.2. The average Bonchev–Trinajstić information content (AvgIpc) is 2.67. The lowest BCUT2D eigenvalue weighted by Crippen LogP contribution is -2.21. The Labute approximate surface area is 95.8 Å². The van der Waals surface area contributed by atoms with E-state index in [2.05, 4.69) is 36.3 Å². The van der Waals surface area contributed by atoms with E-state index < -0.39 is 0 Å². The van der Waals surface area contributed by atoms with Gasteiger partial charge in [-0.15, -0.1) is 0 Å². The lowest BCUT2D eigenvalue weighted by molar-refractivity contribution is 0.415. The summed E-state index contributed by atoms with van der Waals surface area (Å²) in [6.07, 6.45) is 0. The van der Waals surface area contributed by atoms with E-state index in [1.54, 1.807) is 7.11 Å². The van der Waals surface area contributed by atoms with Crippen LogP contribution in [0.3, 0.4) is 0 Å². The van der Waals surface area contributed by atoms with Crippen molar-refractivity contribution in [1.82, 2.24) is 10.3 Å². The SMILES string of the molecule is COc1ccc2cc(CNC(C)C)[nH]c2c1. The molecular formula is C13H18N2O. The highest BCUT2D eigenvalue weighted by atomic mass is 16.5. The first-order valence-corrected chi connectivity index (χ1v) is 5.58. The molecule has 2 N–H and O–H groups in total. The predicted molar refractivity (Wildman–Crippen MR) is 66.8 cm³/mol. The maximum atomic E-state index is 5.19. The second-order valence-corrected chi connectivity index (χ2v) is 4.28. The molecule has 3 heteroatoms. The Morgan fingerprint density at radius 3 is 2.81 bits per heavy atom. The molecule has 0 aliphatic carbocycles. The molecule has 86 valence electrons. The Balaban J connectivity index is 2.22. The van der Waals surface area contributed by atoms with Crippen LogP contribution in [-0.2, 0) is 6.54 Å². The second-order valence-electron chi connectivity index (χ2n) is 4.28. The van der Waals surface area contributed by atoms with Crippen LogP contribution in [0.5, 0.6) is 5.75 Å². The number of H-pyrrole nitrogens is 1. The number of fused-ring (bicyclic) bond motifs is 1. The van der Waals surface area contributed by atoms with Crippen molar-refractivity contribution < 1.29 is 4.74 Å². The highest BCUT2D eigenvalue weighted by Crippen LogP contribution is 2.21. The van der Waals surface area contributed by atoms with E-state index in [0.717, 1.165) is 17.8 Å². The Morgan fingerprint density at radius 1 is 1.31 bits per heavy atom. The molecule has 0 spiro atoms. The Morgan fingerprint density at radius 2 is 2.12 bits per heavy atom. The fourth-order valence-corrected chi connectivity index (χ4v) is 1.70. The maximum absolute atomic E-state index is 5.19. The minimum absolute atomic E-state index is 0.501. The van der Waals surface area contributed by atoms with E-state index in [4.69, 9.17) is 4.74 Å². The van der Waals surface area contributed by atoms with Crippen molar-refractivity contribution >= 4 is 10.9 Å². The number of methoxy groups -OCH3 is 1. The van der Waals surface area contributed by atoms with Crippen molar-refractivity contribution in [3.8, 4) is 5.75 Å². The summed E-state index contributed by atoms with van der Waals surface area (Å²) in [5.74, 6) is 0.887. The monoisotopic (exact) mass is 218 g/mol. The molecule has 0 amide bonds. The molecule has 0 fully saturated rings. The standard InChI is InChI=1S/C13H18N2O/c1-9(2)14-8-11-6-10-4-5-12(16-3)7-13(10)15-11/h4-7,9,14-15H,8H2,1-3H3. The summed E-state index contributed by atoms with van der Waals surface area (Å²) in [4.78, 5) is 3.38. The van der Waals surface area contributed by atoms with Crippen molar-refractivity contribution in [1.29, 1.82) is 0 Å². The Bertz CT molecular complexity index is 474. The van der Waals surface area contributed by atoms with Gasteiger partial charge in [0.15, 0.2) is 0 Å². The maximum Gasteiger partial charge on any atom is 0.120 e. The molecule has 0 aliphatic heterocycles. The van der Waals surface area contributed by atoms with Crippen molar-refractivity contribution in [2.45, 2.75) is 26.4 Å². The molecule has 0 unspecified atom stereocenters. The van der Waals surface area contributed by atoms with Crippen LogP contribution in [0.15, 0.2) is 24.3 Å². The van der Waals surface area contributed by atoms with Gasteiger partial charge in [-0.05, 0) is 23.6 Å². The van der Waals surface area contributed by atoms with Crippen LogP contribution >= 0.6 is 0 Å². The summed E-state index contributed by atoms with van der Waals surface area (Å²) < 4.78 is 5.19. The molecule has 0 aliphatic rings. The molecule has 16 heavy (non-hydrogen) atoms. The number of hydrogen-bond acceptors (Lipinski definition) is 2. The smallest absolute Gasteiger partial charge is 0.120 e. The van der Waals surface area contributed by atoms with Gasteiger partial charge in [-0.25, -0.2) is 0 Å². The van der Waals surface area contributed by atoms with Gasteiger partial charge in [0.2, 0.25) is 0 Å². The number of aromatic amines is 1. The molecule has 0 saturated carbocycles. The molecule has 0 radical (unpaired) electrons. The molecule has 3 nitrogen and oxygen atoms in total. The first kappa shape index (κ1) is 11.0. The third-order valence-electron chi connectivity index (χ3n) is 2.59. The first-order chi connectivity index (χ1) is 7.69. The van der Waals surface area contributed by atoms with Crippen molar-refractivity contribution in [2.24, 2.45) is 0 Å². The highest BCUT2D eigenvalue weighted by molar-refractivity contribution is 5.81. The van der Waals surface area contributed by atoms with Gasteiger partial charge in [-0.1, -0.05) is 13.8 Å². The predicted octanol–water partition coefficient (Wildman–Crippen LogP) is 2.67. The van der Waals surface area contributed by atoms with Crippen LogP contribution in [0.1, 0.15) is 19.5 Å². The molecule has 2 rings (SSSR count). The third kappa shape index (κ3) is 2.36. The van der Waals surface area contributed by atoms with Crippen molar-refractivity contribution in [3.05, 3.63) is 30.0 Å². The number of rotatable bonds is 4. The van der Waals surface area contributed by atoms with Gasteiger partial charge in [0.1, 0.15) is 5.75 Å². The van der Waals surface area contributed by atoms with Gasteiger partial charge in [0.05, 0.1) is 7.11 Å². The van der Waals surface area contributed by atoms with Gasteiger partial charge in [-0.3, -0.25) is 0 Å². The summed E-state index contributed by atoms with van der Waals surface area (Å²) >= 11 is 0. The summed E-state index contributed by atoms with van der Waals surface area (Å²) in [6.45, 7) is 5.16. The minimum Gasteiger partial charge on any atom is -0.497 e. The number of aromatic nitrogens is 1. The van der Waals surface area contributed by atoms with Crippen molar-refractivity contribution in [2.75, 3.05) is 7.11 Å². The van der Waals surface area contributed by atoms with E-state index in [9.17, 15) is 0 Å². The zero-order valence-electron chi connectivity index (χ0n) is 10.0. The van der Waals surface area contributed by atoms with Crippen LogP contribution in [0.2, 0.25) is 0 Å². The zero-order chi connectivity index (χ0) is 11.5. The van der Waals surface area contributed by atoms with E-state index >= 15 is 0 Å². The molecule has 1 aromatic heterocycles. The molecule has 1 heterocycles. The van der Waals surface area contributed by atoms with Gasteiger partial charge >= 0.3 is 0 Å². The fourth-order valence-electron chi connectivity index (χ4n) is 1.70. The first-order valence-electron chi connectivity index (χ1n) is 5.58. The Kier molecular flexibility index (Phi) is 3.15. The van der Waals surface area contributed by atoms with E-state index in [1.165, 1.54) is 11.1 Å². The number of benzene rings is 1. The van der Waals surface area contributed by atoms with Crippen LogP contribution < -0.4 is 10.1 Å². The second kappa shape index (κ2) is 4.58. The number of ether oxygens (including phenoxy) is 1. The van der Waals surface area contributed by atoms with E-state index in [0.29, 0.717) is 6.04 Å². The van der Waals surface area contributed by atoms with Crippen LogP contribution in [0, 0.1) is 0 Å². The quantitative estimate of drug-likeness (QED) is 0.827. The number of nitrogens with one attached hydrogen (secondary N) is 2. The van der Waals surface area contributed by atoms with Crippen LogP contribution in [0.4, 0.5) is 0 Å². The molecule has 2 aromatic rings. The topological polar surface area (TPSA) is 37.0 Å². The van der Waals surface area contributed by atoms with Crippen LogP contribution in [0.25, 0.3) is 10.9 Å². The Hall–Kier alpha value is -1.48. The van der Waals surface area contributed by atoms with Gasteiger partial charge in [0, 0.05) is 29.9 Å². The largest absolute Gasteiger partial charge is 0.497 e. The minimum atomic E-state index is 0.501. The zero-order valence-corrected chi connectivity index (χ0v) is 10.0. The lowest BCUT2D eigenvalue weighted by atomic mass is 10.2. The number of hydrogen-bond donors (Lipinski definition) is 2. The van der Waals surface area contributed by atoms with Gasteiger partial charge < -0.3 is 15.0 Å². The average molecular weight is 218 g/mol. The third-order valence-corrected chi connectivity index (χ3v) is 2.59. The van der Waals surface area contributed by atoms with Crippen molar-refractivity contribution in [3.63, 3.8) is 0 Å². The lowest BCUT2D eigenvalue weighted by Gasteiger charge is -2.05. The fraction of sp³-hybridized carbons (Fsp3) is 0.385. The van der Waals surface area contributed by atoms with Gasteiger partial charge in [0.25, 0.3) is 0 Å². The van der Waals surface area contributed by atoms with E-state index in [1.807, 2.05) is 12.1 Å². The highest BCUT2D eigenvalue weighted by Gasteiger charge is 2.02. The van der Waals surface area contributed by atoms with Gasteiger partial charge in [-0.2, -0.15) is 0 Å². The van der Waals surface area contributed by atoms with Crippen LogP contribution in [-0.4, -0.2) is 18.1 Å².